The molecule has 0 fully saturated rings. The van der Waals surface area contributed by atoms with Crippen molar-refractivity contribution in [2.24, 2.45) is 5.10 Å². The maximum Gasteiger partial charge on any atom is 0.185 e. The van der Waals surface area contributed by atoms with Gasteiger partial charge in [0.1, 0.15) is 0 Å². The fraction of sp³-hybridized carbons (Fsp3) is 0.278. The minimum absolute atomic E-state index is 0.102. The van der Waals surface area contributed by atoms with E-state index in [9.17, 15) is 0 Å². The molecule has 0 bridgehead atoms. The number of hydrogen-bond donors (Lipinski definition) is 0. The second-order valence-corrected chi connectivity index (χ2v) is 5.61. The number of ether oxygens (including phenoxy) is 2. The SMILES string of the molecule is COc1cccc2c1O[C@@H](C)N1N=C(c3ccccc3)C[C@@H]21. The minimum Gasteiger partial charge on any atom is -0.493 e. The summed E-state index contributed by atoms with van der Waals surface area (Å²) < 4.78 is 11.5. The van der Waals surface area contributed by atoms with Gasteiger partial charge in [0.25, 0.3) is 0 Å². The van der Waals surface area contributed by atoms with Gasteiger partial charge >= 0.3 is 0 Å². The Morgan fingerprint density at radius 1 is 1.14 bits per heavy atom. The molecule has 0 unspecified atom stereocenters. The Labute approximate surface area is 130 Å². The highest BCUT2D eigenvalue weighted by molar-refractivity contribution is 6.01. The zero-order valence-corrected chi connectivity index (χ0v) is 12.7. The standard InChI is InChI=1S/C18H18N2O2/c1-12-20-16(11-15(19-20)13-7-4-3-5-8-13)14-9-6-10-17(21-2)18(14)22-12/h3-10,12,16H,11H2,1-2H3/t12-,16-/m0/s1. The first-order valence-electron chi connectivity index (χ1n) is 7.52. The van der Waals surface area contributed by atoms with Gasteiger partial charge in [-0.3, -0.25) is 5.01 Å². The molecule has 2 heterocycles. The Bertz CT molecular complexity index is 727. The molecule has 0 aliphatic carbocycles. The summed E-state index contributed by atoms with van der Waals surface area (Å²) in [5.74, 6) is 1.64. The lowest BCUT2D eigenvalue weighted by molar-refractivity contribution is -0.00535. The quantitative estimate of drug-likeness (QED) is 0.849. The lowest BCUT2D eigenvalue weighted by Crippen LogP contribution is -2.38. The molecule has 0 spiro atoms. The first-order chi connectivity index (χ1) is 10.8. The summed E-state index contributed by atoms with van der Waals surface area (Å²) in [6.07, 6.45) is 0.785. The van der Waals surface area contributed by atoms with Gasteiger partial charge in [-0.05, 0) is 18.6 Å². The molecule has 0 N–H and O–H groups in total. The van der Waals surface area contributed by atoms with Crippen LogP contribution in [0.5, 0.6) is 11.5 Å². The minimum atomic E-state index is -0.102. The predicted octanol–water partition coefficient (Wildman–Crippen LogP) is 3.58. The predicted molar refractivity (Wildman–Crippen MR) is 85.3 cm³/mol. The van der Waals surface area contributed by atoms with Crippen LogP contribution in [0.2, 0.25) is 0 Å². The van der Waals surface area contributed by atoms with Crippen molar-refractivity contribution in [3.8, 4) is 11.5 Å². The molecule has 112 valence electrons. The highest BCUT2D eigenvalue weighted by Gasteiger charge is 2.39. The van der Waals surface area contributed by atoms with Crippen LogP contribution in [0.25, 0.3) is 0 Å². The van der Waals surface area contributed by atoms with Crippen LogP contribution < -0.4 is 9.47 Å². The summed E-state index contributed by atoms with van der Waals surface area (Å²) in [5.41, 5.74) is 3.43. The van der Waals surface area contributed by atoms with Gasteiger partial charge in [0.05, 0.1) is 18.9 Å². The maximum absolute atomic E-state index is 6.05. The van der Waals surface area contributed by atoms with E-state index in [1.807, 2.05) is 37.3 Å². The molecule has 0 saturated heterocycles. The Hall–Kier alpha value is -2.49. The normalized spacial score (nSPS) is 22.5. The largest absolute Gasteiger partial charge is 0.493 e. The number of hydrogen-bond acceptors (Lipinski definition) is 4. The number of methoxy groups -OCH3 is 1. The van der Waals surface area contributed by atoms with E-state index in [2.05, 4.69) is 23.2 Å². The summed E-state index contributed by atoms with van der Waals surface area (Å²) in [6.45, 7) is 2.03. The van der Waals surface area contributed by atoms with Crippen molar-refractivity contribution in [1.29, 1.82) is 0 Å². The topological polar surface area (TPSA) is 34.1 Å². The molecule has 0 radical (unpaired) electrons. The molecule has 2 aliphatic rings. The van der Waals surface area contributed by atoms with Crippen molar-refractivity contribution in [3.63, 3.8) is 0 Å². The van der Waals surface area contributed by atoms with Crippen molar-refractivity contribution < 1.29 is 9.47 Å². The van der Waals surface area contributed by atoms with Gasteiger partial charge in [-0.15, -0.1) is 0 Å². The van der Waals surface area contributed by atoms with E-state index in [0.717, 1.165) is 29.2 Å². The highest BCUT2D eigenvalue weighted by Crippen LogP contribution is 2.46. The van der Waals surface area contributed by atoms with E-state index in [-0.39, 0.29) is 12.3 Å². The summed E-state index contributed by atoms with van der Waals surface area (Å²) in [4.78, 5) is 0. The summed E-state index contributed by atoms with van der Waals surface area (Å²) in [7, 11) is 1.68. The average Bonchev–Trinajstić information content (AvgIpc) is 3.02. The van der Waals surface area contributed by atoms with Gasteiger partial charge < -0.3 is 9.47 Å². The second-order valence-electron chi connectivity index (χ2n) is 5.61. The van der Waals surface area contributed by atoms with Crippen molar-refractivity contribution >= 4 is 5.71 Å². The fourth-order valence-corrected chi connectivity index (χ4v) is 3.23. The first-order valence-corrected chi connectivity index (χ1v) is 7.52. The Morgan fingerprint density at radius 2 is 1.95 bits per heavy atom. The Kier molecular flexibility index (Phi) is 3.03. The monoisotopic (exact) mass is 294 g/mol. The van der Waals surface area contributed by atoms with Crippen LogP contribution in [0.1, 0.15) is 30.5 Å². The summed E-state index contributed by atoms with van der Waals surface area (Å²) >= 11 is 0. The van der Waals surface area contributed by atoms with Crippen LogP contribution in [-0.4, -0.2) is 24.1 Å². The van der Waals surface area contributed by atoms with E-state index in [0.29, 0.717) is 0 Å². The first kappa shape index (κ1) is 13.2. The van der Waals surface area contributed by atoms with Crippen LogP contribution in [0.4, 0.5) is 0 Å². The molecule has 2 aliphatic heterocycles. The van der Waals surface area contributed by atoms with E-state index in [4.69, 9.17) is 14.6 Å². The van der Waals surface area contributed by atoms with Crippen LogP contribution in [0, 0.1) is 0 Å². The van der Waals surface area contributed by atoms with Crippen molar-refractivity contribution in [2.45, 2.75) is 25.6 Å². The number of rotatable bonds is 2. The third-order valence-corrected chi connectivity index (χ3v) is 4.30. The van der Waals surface area contributed by atoms with Crippen molar-refractivity contribution in [1.82, 2.24) is 5.01 Å². The molecule has 0 aromatic heterocycles. The third kappa shape index (κ3) is 1.95. The van der Waals surface area contributed by atoms with Gasteiger partial charge in [0, 0.05) is 12.0 Å². The lowest BCUT2D eigenvalue weighted by Gasteiger charge is -2.36. The van der Waals surface area contributed by atoms with Gasteiger partial charge in [-0.1, -0.05) is 42.5 Å². The highest BCUT2D eigenvalue weighted by atomic mass is 16.5. The molecule has 2 aromatic rings. The van der Waals surface area contributed by atoms with Gasteiger partial charge in [0.2, 0.25) is 0 Å². The summed E-state index contributed by atoms with van der Waals surface area (Å²) in [5, 5.41) is 6.86. The van der Waals surface area contributed by atoms with Crippen LogP contribution >= 0.6 is 0 Å². The number of hydrazone groups is 1. The Morgan fingerprint density at radius 3 is 2.73 bits per heavy atom. The molecule has 4 nitrogen and oxygen atoms in total. The van der Waals surface area contributed by atoms with Crippen LogP contribution in [0.3, 0.4) is 0 Å². The van der Waals surface area contributed by atoms with Crippen molar-refractivity contribution in [3.05, 3.63) is 59.7 Å². The zero-order chi connectivity index (χ0) is 15.1. The van der Waals surface area contributed by atoms with Gasteiger partial charge in [-0.25, -0.2) is 0 Å². The van der Waals surface area contributed by atoms with Crippen LogP contribution in [-0.2, 0) is 0 Å². The number of para-hydroxylation sites is 1. The number of fused-ring (bicyclic) bond motifs is 3. The fourth-order valence-electron chi connectivity index (χ4n) is 3.23. The molecular formula is C18H18N2O2. The molecule has 4 heteroatoms. The maximum atomic E-state index is 6.05. The van der Waals surface area contributed by atoms with E-state index in [1.54, 1.807) is 7.11 Å². The van der Waals surface area contributed by atoms with E-state index in [1.165, 1.54) is 5.56 Å². The average molecular weight is 294 g/mol. The smallest absolute Gasteiger partial charge is 0.185 e. The molecule has 2 aromatic carbocycles. The van der Waals surface area contributed by atoms with Gasteiger partial charge in [0.15, 0.2) is 17.7 Å². The number of benzene rings is 2. The summed E-state index contributed by atoms with van der Waals surface area (Å²) in [6, 6.07) is 16.6. The van der Waals surface area contributed by atoms with Crippen molar-refractivity contribution in [2.75, 3.05) is 7.11 Å². The van der Waals surface area contributed by atoms with E-state index >= 15 is 0 Å². The second kappa shape index (κ2) is 5.05. The number of nitrogens with zero attached hydrogens (tertiary/aromatic N) is 2. The molecule has 22 heavy (non-hydrogen) atoms. The molecular weight excluding hydrogens is 276 g/mol. The van der Waals surface area contributed by atoms with Gasteiger partial charge in [-0.2, -0.15) is 5.10 Å². The Balaban J connectivity index is 1.74. The molecule has 0 saturated carbocycles. The van der Waals surface area contributed by atoms with Crippen LogP contribution in [0.15, 0.2) is 53.6 Å². The lowest BCUT2D eigenvalue weighted by atomic mass is 9.96. The third-order valence-electron chi connectivity index (χ3n) is 4.30. The molecule has 0 amide bonds. The van der Waals surface area contributed by atoms with E-state index < -0.39 is 0 Å². The molecule has 2 atom stereocenters. The molecule has 4 rings (SSSR count). The zero-order valence-electron chi connectivity index (χ0n) is 12.7.